The third kappa shape index (κ3) is 5.79. The van der Waals surface area contributed by atoms with Crippen LogP contribution in [0.2, 0.25) is 0 Å². The second-order valence-electron chi connectivity index (χ2n) is 5.35. The van der Waals surface area contributed by atoms with E-state index in [0.717, 1.165) is 25.1 Å². The number of aliphatic hydroxyl groups is 1. The molecule has 0 aliphatic carbocycles. The van der Waals surface area contributed by atoms with Crippen LogP contribution in [0.25, 0.3) is 0 Å². The topological polar surface area (TPSA) is 23.5 Å². The summed E-state index contributed by atoms with van der Waals surface area (Å²) in [4.78, 5) is 2.21. The molecule has 0 unspecified atom stereocenters. The van der Waals surface area contributed by atoms with Crippen molar-refractivity contribution in [3.63, 3.8) is 0 Å². The lowest BCUT2D eigenvalue weighted by Gasteiger charge is -2.36. The zero-order valence-electron chi connectivity index (χ0n) is 10.9. The molecule has 0 aliphatic heterocycles. The first-order valence-electron chi connectivity index (χ1n) is 5.80. The van der Waals surface area contributed by atoms with Crippen LogP contribution >= 0.6 is 12.6 Å². The lowest BCUT2D eigenvalue weighted by atomic mass is 9.83. The van der Waals surface area contributed by atoms with Crippen molar-refractivity contribution in [1.82, 2.24) is 4.90 Å². The van der Waals surface area contributed by atoms with Gasteiger partial charge in [-0.3, -0.25) is 0 Å². The zero-order chi connectivity index (χ0) is 12.1. The number of thiol groups is 1. The minimum absolute atomic E-state index is 0.295. The van der Waals surface area contributed by atoms with Crippen molar-refractivity contribution < 1.29 is 5.11 Å². The minimum Gasteiger partial charge on any atom is -0.389 e. The summed E-state index contributed by atoms with van der Waals surface area (Å²) in [5.41, 5.74) is -0.318. The molecule has 0 bridgehead atoms. The molecule has 15 heavy (non-hydrogen) atoms. The molecule has 1 N–H and O–H groups in total. The van der Waals surface area contributed by atoms with Crippen molar-refractivity contribution >= 4 is 12.6 Å². The summed E-state index contributed by atoms with van der Waals surface area (Å²) in [7, 11) is 2.07. The zero-order valence-corrected chi connectivity index (χ0v) is 11.8. The van der Waals surface area contributed by atoms with E-state index in [9.17, 15) is 5.11 Å². The number of hydrogen-bond acceptors (Lipinski definition) is 3. The molecule has 0 rings (SSSR count). The molecule has 0 atom stereocenters. The molecule has 0 saturated carbocycles. The third-order valence-electron chi connectivity index (χ3n) is 3.10. The van der Waals surface area contributed by atoms with Crippen molar-refractivity contribution in [3.05, 3.63) is 0 Å². The quantitative estimate of drug-likeness (QED) is 0.660. The van der Waals surface area contributed by atoms with Crippen LogP contribution in [0.5, 0.6) is 0 Å². The van der Waals surface area contributed by atoms with E-state index in [0.29, 0.717) is 12.0 Å². The fourth-order valence-corrected chi connectivity index (χ4v) is 2.58. The first-order valence-corrected chi connectivity index (χ1v) is 6.43. The number of hydrogen-bond donors (Lipinski definition) is 2. The van der Waals surface area contributed by atoms with E-state index in [1.54, 1.807) is 0 Å². The number of rotatable bonds is 7. The number of nitrogens with zero attached hydrogens (tertiary/aromatic N) is 1. The molecule has 0 spiro atoms. The van der Waals surface area contributed by atoms with Crippen molar-refractivity contribution in [2.24, 2.45) is 5.41 Å². The molecular formula is C12H27NOS. The van der Waals surface area contributed by atoms with Gasteiger partial charge >= 0.3 is 0 Å². The second kappa shape index (κ2) is 6.12. The van der Waals surface area contributed by atoms with Crippen LogP contribution < -0.4 is 0 Å². The highest BCUT2D eigenvalue weighted by atomic mass is 32.1. The van der Waals surface area contributed by atoms with E-state index in [1.165, 1.54) is 0 Å². The van der Waals surface area contributed by atoms with Gasteiger partial charge in [0.25, 0.3) is 0 Å². The summed E-state index contributed by atoms with van der Waals surface area (Å²) in [5.74, 6) is 0.913. The molecule has 0 aromatic rings. The van der Waals surface area contributed by atoms with Crippen LogP contribution in [0, 0.1) is 5.41 Å². The average Bonchev–Trinajstić information content (AvgIpc) is 2.11. The summed E-state index contributed by atoms with van der Waals surface area (Å²) in [5, 5.41) is 9.74. The first-order chi connectivity index (χ1) is 6.78. The Morgan fingerprint density at radius 1 is 1.13 bits per heavy atom. The minimum atomic E-state index is -0.613. The Kier molecular flexibility index (Phi) is 6.23. The Hall–Kier alpha value is 0.270. The van der Waals surface area contributed by atoms with Crippen LogP contribution in [-0.4, -0.2) is 41.5 Å². The van der Waals surface area contributed by atoms with Gasteiger partial charge in [-0.15, -0.1) is 0 Å². The monoisotopic (exact) mass is 233 g/mol. The van der Waals surface area contributed by atoms with E-state index in [2.05, 4.69) is 38.4 Å². The van der Waals surface area contributed by atoms with Gasteiger partial charge < -0.3 is 10.0 Å². The Morgan fingerprint density at radius 3 is 1.87 bits per heavy atom. The second-order valence-corrected chi connectivity index (χ2v) is 5.67. The van der Waals surface area contributed by atoms with E-state index in [-0.39, 0.29) is 0 Å². The molecule has 2 nitrogen and oxygen atoms in total. The SMILES string of the molecule is CCC(CC)(CS)CN(C)CC(C)(C)O. The van der Waals surface area contributed by atoms with Crippen LogP contribution in [0.3, 0.4) is 0 Å². The largest absolute Gasteiger partial charge is 0.389 e. The van der Waals surface area contributed by atoms with Crippen LogP contribution in [0.15, 0.2) is 0 Å². The Balaban J connectivity index is 4.29. The Morgan fingerprint density at radius 2 is 1.60 bits per heavy atom. The Labute approximate surface area is 100 Å². The standard InChI is InChI=1S/C12H27NOS/c1-6-12(7-2,10-15)9-13(5)8-11(3,4)14/h14-15H,6-10H2,1-5H3. The fraction of sp³-hybridized carbons (Fsp3) is 1.00. The van der Waals surface area contributed by atoms with Crippen LogP contribution in [-0.2, 0) is 0 Å². The summed E-state index contributed by atoms with van der Waals surface area (Å²) in [6.45, 7) is 9.86. The highest BCUT2D eigenvalue weighted by Crippen LogP contribution is 2.28. The van der Waals surface area contributed by atoms with Crippen molar-refractivity contribution in [3.8, 4) is 0 Å². The summed E-state index contributed by atoms with van der Waals surface area (Å²) in [6, 6.07) is 0. The maximum atomic E-state index is 9.74. The molecule has 0 fully saturated rings. The lowest BCUT2D eigenvalue weighted by Crippen LogP contribution is -2.43. The number of likely N-dealkylation sites (N-methyl/N-ethyl adjacent to an activating group) is 1. The molecule has 0 aliphatic rings. The summed E-state index contributed by atoms with van der Waals surface area (Å²) in [6.07, 6.45) is 2.28. The molecule has 0 aromatic carbocycles. The van der Waals surface area contributed by atoms with E-state index < -0.39 is 5.60 Å². The van der Waals surface area contributed by atoms with E-state index in [1.807, 2.05) is 13.8 Å². The van der Waals surface area contributed by atoms with Gasteiger partial charge in [0.05, 0.1) is 5.60 Å². The van der Waals surface area contributed by atoms with Gasteiger partial charge in [0.1, 0.15) is 0 Å². The van der Waals surface area contributed by atoms with Crippen molar-refractivity contribution in [2.75, 3.05) is 25.9 Å². The maximum Gasteiger partial charge on any atom is 0.0718 e. The fourth-order valence-electron chi connectivity index (χ4n) is 2.04. The molecule has 3 heteroatoms. The maximum absolute atomic E-state index is 9.74. The average molecular weight is 233 g/mol. The smallest absolute Gasteiger partial charge is 0.0718 e. The van der Waals surface area contributed by atoms with Gasteiger partial charge in [-0.25, -0.2) is 0 Å². The Bertz CT molecular complexity index is 165. The van der Waals surface area contributed by atoms with Crippen LogP contribution in [0.1, 0.15) is 40.5 Å². The van der Waals surface area contributed by atoms with Gasteiger partial charge in [0.2, 0.25) is 0 Å². The molecule has 0 aromatic heterocycles. The molecular weight excluding hydrogens is 206 g/mol. The summed E-state index contributed by atoms with van der Waals surface area (Å²) >= 11 is 4.46. The van der Waals surface area contributed by atoms with E-state index in [4.69, 9.17) is 0 Å². The van der Waals surface area contributed by atoms with Gasteiger partial charge in [-0.2, -0.15) is 12.6 Å². The highest BCUT2D eigenvalue weighted by Gasteiger charge is 2.27. The van der Waals surface area contributed by atoms with Gasteiger partial charge in [-0.1, -0.05) is 13.8 Å². The molecule has 0 saturated heterocycles. The van der Waals surface area contributed by atoms with Crippen molar-refractivity contribution in [2.45, 2.75) is 46.1 Å². The van der Waals surface area contributed by atoms with Gasteiger partial charge in [0.15, 0.2) is 0 Å². The predicted octanol–water partition coefficient (Wildman–Crippen LogP) is 2.43. The van der Waals surface area contributed by atoms with E-state index >= 15 is 0 Å². The summed E-state index contributed by atoms with van der Waals surface area (Å²) < 4.78 is 0. The molecule has 0 amide bonds. The first kappa shape index (κ1) is 15.3. The predicted molar refractivity (Wildman–Crippen MR) is 70.7 cm³/mol. The van der Waals surface area contributed by atoms with Gasteiger partial charge in [-0.05, 0) is 44.9 Å². The molecule has 0 heterocycles. The normalized spacial score (nSPS) is 13.6. The molecule has 92 valence electrons. The van der Waals surface area contributed by atoms with Crippen molar-refractivity contribution in [1.29, 1.82) is 0 Å². The van der Waals surface area contributed by atoms with Gasteiger partial charge in [0, 0.05) is 13.1 Å². The third-order valence-corrected chi connectivity index (χ3v) is 3.77. The van der Waals surface area contributed by atoms with Crippen LogP contribution in [0.4, 0.5) is 0 Å². The highest BCUT2D eigenvalue weighted by molar-refractivity contribution is 7.80. The lowest BCUT2D eigenvalue weighted by molar-refractivity contribution is 0.0316. The molecule has 0 radical (unpaired) electrons.